The largest absolute Gasteiger partial charge is 0.356 e. The number of amides is 1. The Hall–Kier alpha value is -0.860. The van der Waals surface area contributed by atoms with Crippen LogP contribution >= 0.6 is 0 Å². The molecule has 0 radical (unpaired) electrons. The van der Waals surface area contributed by atoms with Crippen LogP contribution in [0.2, 0.25) is 0 Å². The van der Waals surface area contributed by atoms with Crippen molar-refractivity contribution in [1.82, 2.24) is 5.32 Å². The topological polar surface area (TPSA) is 46.2 Å². The first-order chi connectivity index (χ1) is 6.24. The molecule has 1 unspecified atom stereocenters. The summed E-state index contributed by atoms with van der Waals surface area (Å²) in [5.41, 5.74) is 0. The lowest BCUT2D eigenvalue weighted by Crippen LogP contribution is -2.29. The highest BCUT2D eigenvalue weighted by Gasteiger charge is 2.24. The van der Waals surface area contributed by atoms with Crippen LogP contribution in [0, 0.1) is 5.92 Å². The number of carbonyl (C=O) groups is 2. The predicted molar refractivity (Wildman–Crippen MR) is 50.3 cm³/mol. The fourth-order valence-electron chi connectivity index (χ4n) is 1.76. The highest BCUT2D eigenvalue weighted by atomic mass is 16.2. The molecule has 1 fully saturated rings. The molecule has 0 spiro atoms. The minimum Gasteiger partial charge on any atom is -0.356 e. The number of Topliss-reactive ketones (excluding diaryl/α,β-unsaturated/α-hetero) is 1. The zero-order chi connectivity index (χ0) is 9.68. The maximum Gasteiger partial charge on any atom is 0.220 e. The van der Waals surface area contributed by atoms with Gasteiger partial charge in [0, 0.05) is 25.3 Å². The molecule has 1 N–H and O–H groups in total. The summed E-state index contributed by atoms with van der Waals surface area (Å²) in [7, 11) is 0. The van der Waals surface area contributed by atoms with E-state index in [1.807, 2.05) is 6.92 Å². The van der Waals surface area contributed by atoms with Crippen molar-refractivity contribution in [2.75, 3.05) is 6.54 Å². The Morgan fingerprint density at radius 2 is 2.31 bits per heavy atom. The molecule has 1 aliphatic carbocycles. The number of carbonyl (C=O) groups excluding carboxylic acids is 2. The molecule has 0 aromatic rings. The lowest BCUT2D eigenvalue weighted by Gasteiger charge is -2.19. The van der Waals surface area contributed by atoms with Crippen molar-refractivity contribution < 1.29 is 9.59 Å². The van der Waals surface area contributed by atoms with Crippen LogP contribution in [0.15, 0.2) is 0 Å². The first-order valence-electron chi connectivity index (χ1n) is 5.03. The van der Waals surface area contributed by atoms with Crippen LogP contribution in [-0.2, 0) is 9.59 Å². The van der Waals surface area contributed by atoms with E-state index in [4.69, 9.17) is 0 Å². The molecular formula is C10H17NO2. The van der Waals surface area contributed by atoms with E-state index in [0.717, 1.165) is 19.3 Å². The molecule has 3 nitrogen and oxygen atoms in total. The molecule has 1 amide bonds. The van der Waals surface area contributed by atoms with Crippen LogP contribution in [0.4, 0.5) is 0 Å². The molecule has 0 saturated heterocycles. The summed E-state index contributed by atoms with van der Waals surface area (Å²) >= 11 is 0. The molecule has 3 heteroatoms. The maximum atomic E-state index is 11.4. The maximum absolute atomic E-state index is 11.4. The second kappa shape index (κ2) is 5.00. The molecule has 1 aliphatic rings. The van der Waals surface area contributed by atoms with E-state index in [-0.39, 0.29) is 17.6 Å². The van der Waals surface area contributed by atoms with Crippen molar-refractivity contribution in [3.63, 3.8) is 0 Å². The molecule has 0 bridgehead atoms. The number of nitrogens with one attached hydrogen (secondary N) is 1. The van der Waals surface area contributed by atoms with Gasteiger partial charge in [-0.2, -0.15) is 0 Å². The van der Waals surface area contributed by atoms with Gasteiger partial charge in [-0.15, -0.1) is 0 Å². The van der Waals surface area contributed by atoms with Crippen LogP contribution in [-0.4, -0.2) is 18.2 Å². The average Bonchev–Trinajstić information content (AvgIpc) is 2.09. The van der Waals surface area contributed by atoms with Crippen molar-refractivity contribution >= 4 is 11.7 Å². The molecule has 0 aliphatic heterocycles. The Labute approximate surface area is 78.9 Å². The van der Waals surface area contributed by atoms with Crippen LogP contribution in [0.25, 0.3) is 0 Å². The van der Waals surface area contributed by atoms with Gasteiger partial charge in [-0.25, -0.2) is 0 Å². The fraction of sp³-hybridized carbons (Fsp3) is 0.800. The number of hydrogen-bond donors (Lipinski definition) is 1. The molecule has 0 aromatic heterocycles. The lowest BCUT2D eigenvalue weighted by atomic mass is 9.85. The monoisotopic (exact) mass is 183 g/mol. The summed E-state index contributed by atoms with van der Waals surface area (Å²) in [5.74, 6) is 0.292. The van der Waals surface area contributed by atoms with Crippen LogP contribution in [0.5, 0.6) is 0 Å². The minimum absolute atomic E-state index is 0.000278. The second-order valence-electron chi connectivity index (χ2n) is 3.57. The average molecular weight is 183 g/mol. The molecule has 0 aromatic carbocycles. The zero-order valence-corrected chi connectivity index (χ0v) is 8.14. The number of ketones is 1. The summed E-state index contributed by atoms with van der Waals surface area (Å²) < 4.78 is 0. The van der Waals surface area contributed by atoms with Crippen LogP contribution in [0.1, 0.15) is 39.0 Å². The number of hydrogen-bond acceptors (Lipinski definition) is 2. The van der Waals surface area contributed by atoms with Gasteiger partial charge in [-0.3, -0.25) is 9.59 Å². The summed E-state index contributed by atoms with van der Waals surface area (Å²) in [6.45, 7) is 2.54. The Bertz CT molecular complexity index is 201. The molecule has 1 saturated carbocycles. The SMILES string of the molecule is CCNC(=O)CC1CCCCC1=O. The van der Waals surface area contributed by atoms with Crippen LogP contribution in [0.3, 0.4) is 0 Å². The summed E-state index contributed by atoms with van der Waals surface area (Å²) in [4.78, 5) is 22.5. The zero-order valence-electron chi connectivity index (χ0n) is 8.14. The highest BCUT2D eigenvalue weighted by Crippen LogP contribution is 2.22. The van der Waals surface area contributed by atoms with E-state index >= 15 is 0 Å². The molecule has 1 rings (SSSR count). The molecule has 74 valence electrons. The Kier molecular flexibility index (Phi) is 3.93. The van der Waals surface area contributed by atoms with Crippen LogP contribution < -0.4 is 5.32 Å². The van der Waals surface area contributed by atoms with Gasteiger partial charge in [0.15, 0.2) is 0 Å². The van der Waals surface area contributed by atoms with Gasteiger partial charge < -0.3 is 5.32 Å². The Morgan fingerprint density at radius 1 is 1.54 bits per heavy atom. The van der Waals surface area contributed by atoms with Gasteiger partial charge in [0.25, 0.3) is 0 Å². The van der Waals surface area contributed by atoms with Gasteiger partial charge in [0.2, 0.25) is 5.91 Å². The van der Waals surface area contributed by atoms with Crippen molar-refractivity contribution in [3.05, 3.63) is 0 Å². The molecule has 0 heterocycles. The normalized spacial score (nSPS) is 22.8. The first kappa shape index (κ1) is 10.2. The standard InChI is InChI=1S/C10H17NO2/c1-2-11-10(13)7-8-5-3-4-6-9(8)12/h8H,2-7H2,1H3,(H,11,13). The van der Waals surface area contributed by atoms with E-state index < -0.39 is 0 Å². The molecule has 13 heavy (non-hydrogen) atoms. The third-order valence-corrected chi connectivity index (χ3v) is 2.49. The van der Waals surface area contributed by atoms with E-state index in [1.165, 1.54) is 0 Å². The first-order valence-corrected chi connectivity index (χ1v) is 5.03. The third kappa shape index (κ3) is 3.17. The summed E-state index contributed by atoms with van der Waals surface area (Å²) in [6.07, 6.45) is 4.06. The molecular weight excluding hydrogens is 166 g/mol. The van der Waals surface area contributed by atoms with Gasteiger partial charge in [0.1, 0.15) is 5.78 Å². The van der Waals surface area contributed by atoms with Gasteiger partial charge in [-0.05, 0) is 19.8 Å². The van der Waals surface area contributed by atoms with Gasteiger partial charge >= 0.3 is 0 Å². The Balaban J connectivity index is 2.33. The minimum atomic E-state index is 0.000278. The number of rotatable bonds is 3. The summed E-state index contributed by atoms with van der Waals surface area (Å²) in [6, 6.07) is 0. The van der Waals surface area contributed by atoms with E-state index in [9.17, 15) is 9.59 Å². The van der Waals surface area contributed by atoms with E-state index in [2.05, 4.69) is 5.32 Å². The van der Waals surface area contributed by atoms with E-state index in [0.29, 0.717) is 19.4 Å². The van der Waals surface area contributed by atoms with Crippen molar-refractivity contribution in [2.45, 2.75) is 39.0 Å². The summed E-state index contributed by atoms with van der Waals surface area (Å²) in [5, 5.41) is 2.72. The molecule has 1 atom stereocenters. The predicted octanol–water partition coefficient (Wildman–Crippen LogP) is 1.27. The Morgan fingerprint density at radius 3 is 2.92 bits per heavy atom. The van der Waals surface area contributed by atoms with E-state index in [1.54, 1.807) is 0 Å². The van der Waals surface area contributed by atoms with Crippen molar-refractivity contribution in [2.24, 2.45) is 5.92 Å². The lowest BCUT2D eigenvalue weighted by molar-refractivity contribution is -0.130. The van der Waals surface area contributed by atoms with Crippen molar-refractivity contribution in [1.29, 1.82) is 0 Å². The highest BCUT2D eigenvalue weighted by molar-refractivity contribution is 5.87. The fourth-order valence-corrected chi connectivity index (χ4v) is 1.76. The van der Waals surface area contributed by atoms with Crippen molar-refractivity contribution in [3.8, 4) is 0 Å². The second-order valence-corrected chi connectivity index (χ2v) is 3.57. The smallest absolute Gasteiger partial charge is 0.220 e. The third-order valence-electron chi connectivity index (χ3n) is 2.49. The van der Waals surface area contributed by atoms with Gasteiger partial charge in [-0.1, -0.05) is 6.42 Å². The van der Waals surface area contributed by atoms with Gasteiger partial charge in [0.05, 0.1) is 0 Å². The quantitative estimate of drug-likeness (QED) is 0.716.